The third-order valence-corrected chi connectivity index (χ3v) is 4.25. The first-order valence-corrected chi connectivity index (χ1v) is 7.24. The number of ether oxygens (including phenoxy) is 1. The van der Waals surface area contributed by atoms with E-state index < -0.39 is 0 Å². The lowest BCUT2D eigenvalue weighted by atomic mass is 9.94. The van der Waals surface area contributed by atoms with Gasteiger partial charge < -0.3 is 15.0 Å². The second-order valence-electron chi connectivity index (χ2n) is 5.57. The second kappa shape index (κ2) is 5.85. The van der Waals surface area contributed by atoms with Crippen molar-refractivity contribution in [3.63, 3.8) is 0 Å². The van der Waals surface area contributed by atoms with Crippen LogP contribution in [0.1, 0.15) is 43.1 Å². The highest BCUT2D eigenvalue weighted by Crippen LogP contribution is 2.26. The average molecular weight is 249 g/mol. The molecule has 4 nitrogen and oxygen atoms in total. The Morgan fingerprint density at radius 1 is 1.17 bits per heavy atom. The highest BCUT2D eigenvalue weighted by Gasteiger charge is 2.19. The molecule has 0 unspecified atom stereocenters. The third kappa shape index (κ3) is 2.93. The van der Waals surface area contributed by atoms with Crippen molar-refractivity contribution in [3.05, 3.63) is 17.7 Å². The lowest BCUT2D eigenvalue weighted by Gasteiger charge is -2.22. The first kappa shape index (κ1) is 12.2. The maximum Gasteiger partial charge on any atom is 0.106 e. The molecule has 2 aliphatic heterocycles. The number of aromatic amines is 1. The molecule has 2 fully saturated rings. The molecule has 4 heteroatoms. The number of rotatable bonds is 3. The number of piperidine rings is 1. The van der Waals surface area contributed by atoms with Gasteiger partial charge >= 0.3 is 0 Å². The van der Waals surface area contributed by atoms with Gasteiger partial charge in [0, 0.05) is 37.4 Å². The van der Waals surface area contributed by atoms with Crippen molar-refractivity contribution < 1.29 is 4.74 Å². The highest BCUT2D eigenvalue weighted by atomic mass is 16.5. The van der Waals surface area contributed by atoms with E-state index in [2.05, 4.69) is 15.3 Å². The van der Waals surface area contributed by atoms with Crippen LogP contribution in [-0.4, -0.2) is 36.3 Å². The van der Waals surface area contributed by atoms with Gasteiger partial charge in [-0.05, 0) is 44.7 Å². The molecule has 0 bridgehead atoms. The Bertz CT molecular complexity index is 365. The van der Waals surface area contributed by atoms with Gasteiger partial charge in [-0.15, -0.1) is 0 Å². The summed E-state index contributed by atoms with van der Waals surface area (Å²) in [6.07, 6.45) is 8.00. The van der Waals surface area contributed by atoms with Crippen molar-refractivity contribution in [2.75, 3.05) is 26.3 Å². The maximum absolute atomic E-state index is 5.41. The molecule has 0 aromatic carbocycles. The number of hydrogen-bond donors (Lipinski definition) is 2. The Morgan fingerprint density at radius 2 is 1.94 bits per heavy atom. The fraction of sp³-hybridized carbons (Fsp3) is 0.786. The zero-order chi connectivity index (χ0) is 12.2. The summed E-state index contributed by atoms with van der Waals surface area (Å²) in [6.45, 7) is 4.12. The van der Waals surface area contributed by atoms with E-state index in [1.807, 2.05) is 6.20 Å². The number of H-pyrrole nitrogens is 1. The van der Waals surface area contributed by atoms with Crippen LogP contribution in [0.4, 0.5) is 0 Å². The van der Waals surface area contributed by atoms with E-state index in [-0.39, 0.29) is 0 Å². The van der Waals surface area contributed by atoms with Crippen molar-refractivity contribution in [1.82, 2.24) is 15.3 Å². The van der Waals surface area contributed by atoms with Crippen molar-refractivity contribution >= 4 is 0 Å². The molecule has 0 saturated carbocycles. The Hall–Kier alpha value is -0.870. The summed E-state index contributed by atoms with van der Waals surface area (Å²) < 4.78 is 5.41. The van der Waals surface area contributed by atoms with Gasteiger partial charge in [0.1, 0.15) is 5.82 Å². The Balaban J connectivity index is 1.58. The Labute approximate surface area is 109 Å². The van der Waals surface area contributed by atoms with Crippen LogP contribution >= 0.6 is 0 Å². The first-order valence-electron chi connectivity index (χ1n) is 7.24. The summed E-state index contributed by atoms with van der Waals surface area (Å²) in [7, 11) is 0. The van der Waals surface area contributed by atoms with E-state index in [9.17, 15) is 0 Å². The maximum atomic E-state index is 5.41. The molecule has 100 valence electrons. The molecule has 0 aliphatic carbocycles. The van der Waals surface area contributed by atoms with Crippen LogP contribution in [-0.2, 0) is 11.2 Å². The summed E-state index contributed by atoms with van der Waals surface area (Å²) in [5, 5.41) is 3.41. The molecule has 1 aromatic rings. The molecule has 0 spiro atoms. The standard InChI is InChI=1S/C14H23N3O/c1-5-15-6-2-11(1)9-14-16-10-13(17-14)12-3-7-18-8-4-12/h10-12,15H,1-9H2,(H,16,17). The van der Waals surface area contributed by atoms with Crippen LogP contribution in [0.5, 0.6) is 0 Å². The molecule has 3 rings (SSSR count). The molecule has 3 heterocycles. The first-order chi connectivity index (χ1) is 8.92. The predicted octanol–water partition coefficient (Wildman–Crippen LogP) is 1.85. The molecular formula is C14H23N3O. The SMILES string of the molecule is c1nc(CC2CCNCC2)[nH]c1C1CCOCC1. The zero-order valence-corrected chi connectivity index (χ0v) is 11.0. The van der Waals surface area contributed by atoms with Crippen LogP contribution in [0.2, 0.25) is 0 Å². The minimum absolute atomic E-state index is 0.632. The summed E-state index contributed by atoms with van der Waals surface area (Å²) >= 11 is 0. The molecule has 18 heavy (non-hydrogen) atoms. The van der Waals surface area contributed by atoms with Crippen molar-refractivity contribution in [3.8, 4) is 0 Å². The number of imidazole rings is 1. The predicted molar refractivity (Wildman–Crippen MR) is 70.7 cm³/mol. The normalized spacial score (nSPS) is 23.3. The summed E-state index contributed by atoms with van der Waals surface area (Å²) in [6, 6.07) is 0. The molecule has 0 atom stereocenters. The fourth-order valence-electron chi connectivity index (χ4n) is 3.06. The summed E-state index contributed by atoms with van der Waals surface area (Å²) in [5.74, 6) is 2.62. The molecule has 2 saturated heterocycles. The van der Waals surface area contributed by atoms with Gasteiger partial charge in [0.15, 0.2) is 0 Å². The quantitative estimate of drug-likeness (QED) is 0.859. The molecule has 2 N–H and O–H groups in total. The number of hydrogen-bond acceptors (Lipinski definition) is 3. The van der Waals surface area contributed by atoms with Crippen molar-refractivity contribution in [2.45, 2.75) is 38.0 Å². The van der Waals surface area contributed by atoms with Gasteiger partial charge in [-0.2, -0.15) is 0 Å². The van der Waals surface area contributed by atoms with Crippen molar-refractivity contribution in [2.24, 2.45) is 5.92 Å². The number of nitrogens with one attached hydrogen (secondary N) is 2. The van der Waals surface area contributed by atoms with Gasteiger partial charge in [0.25, 0.3) is 0 Å². The van der Waals surface area contributed by atoms with E-state index in [0.29, 0.717) is 5.92 Å². The molecular weight excluding hydrogens is 226 g/mol. The van der Waals surface area contributed by atoms with Crippen LogP contribution in [0.15, 0.2) is 6.20 Å². The lowest BCUT2D eigenvalue weighted by molar-refractivity contribution is 0.0845. The Kier molecular flexibility index (Phi) is 3.96. The van der Waals surface area contributed by atoms with E-state index in [1.165, 1.54) is 24.4 Å². The van der Waals surface area contributed by atoms with E-state index >= 15 is 0 Å². The lowest BCUT2D eigenvalue weighted by Crippen LogP contribution is -2.28. The summed E-state index contributed by atoms with van der Waals surface area (Å²) in [4.78, 5) is 8.11. The molecule has 0 radical (unpaired) electrons. The van der Waals surface area contributed by atoms with Crippen LogP contribution in [0.25, 0.3) is 0 Å². The van der Waals surface area contributed by atoms with Gasteiger partial charge in [0.2, 0.25) is 0 Å². The highest BCUT2D eigenvalue weighted by molar-refractivity contribution is 5.09. The van der Waals surface area contributed by atoms with Gasteiger partial charge in [-0.25, -0.2) is 4.98 Å². The smallest absolute Gasteiger partial charge is 0.106 e. The second-order valence-corrected chi connectivity index (χ2v) is 5.57. The largest absolute Gasteiger partial charge is 0.381 e. The summed E-state index contributed by atoms with van der Waals surface area (Å²) in [5.41, 5.74) is 1.32. The topological polar surface area (TPSA) is 49.9 Å². The van der Waals surface area contributed by atoms with Gasteiger partial charge in [-0.1, -0.05) is 0 Å². The molecule has 0 amide bonds. The van der Waals surface area contributed by atoms with Crippen LogP contribution in [0.3, 0.4) is 0 Å². The van der Waals surface area contributed by atoms with E-state index in [4.69, 9.17) is 4.74 Å². The van der Waals surface area contributed by atoms with Gasteiger partial charge in [0.05, 0.1) is 0 Å². The molecule has 2 aliphatic rings. The molecule has 1 aromatic heterocycles. The van der Waals surface area contributed by atoms with E-state index in [0.717, 1.165) is 51.5 Å². The monoisotopic (exact) mass is 249 g/mol. The Morgan fingerprint density at radius 3 is 2.72 bits per heavy atom. The third-order valence-electron chi connectivity index (χ3n) is 4.25. The van der Waals surface area contributed by atoms with Crippen LogP contribution in [0, 0.1) is 5.92 Å². The average Bonchev–Trinajstić information content (AvgIpc) is 2.89. The van der Waals surface area contributed by atoms with Gasteiger partial charge in [-0.3, -0.25) is 0 Å². The zero-order valence-electron chi connectivity index (χ0n) is 11.0. The van der Waals surface area contributed by atoms with Crippen LogP contribution < -0.4 is 5.32 Å². The van der Waals surface area contributed by atoms with Crippen molar-refractivity contribution in [1.29, 1.82) is 0 Å². The number of nitrogens with zero attached hydrogens (tertiary/aromatic N) is 1. The number of aromatic nitrogens is 2. The minimum atomic E-state index is 0.632. The minimum Gasteiger partial charge on any atom is -0.381 e. The van der Waals surface area contributed by atoms with E-state index in [1.54, 1.807) is 0 Å². The fourth-order valence-corrected chi connectivity index (χ4v) is 3.06.